The first kappa shape index (κ1) is 15.0. The summed E-state index contributed by atoms with van der Waals surface area (Å²) < 4.78 is 0. The maximum atomic E-state index is 12.2. The second-order valence-corrected chi connectivity index (χ2v) is 6.21. The Morgan fingerprint density at radius 1 is 1.15 bits per heavy atom. The molecule has 1 aromatic carbocycles. The quantitative estimate of drug-likeness (QED) is 0.883. The van der Waals surface area contributed by atoms with E-state index < -0.39 is 0 Å². The summed E-state index contributed by atoms with van der Waals surface area (Å²) >= 11 is 0. The number of carbonyl (C=O) groups excluding carboxylic acids is 1. The van der Waals surface area contributed by atoms with Crippen molar-refractivity contribution in [2.75, 3.05) is 5.32 Å². The van der Waals surface area contributed by atoms with Gasteiger partial charge in [0.1, 0.15) is 0 Å². The molecule has 2 N–H and O–H groups in total. The molecule has 2 rings (SSSR count). The first-order valence-electron chi connectivity index (χ1n) is 7.68. The summed E-state index contributed by atoms with van der Waals surface area (Å²) in [5.41, 5.74) is 0.858. The van der Waals surface area contributed by atoms with Crippen LogP contribution >= 0.6 is 0 Å². The van der Waals surface area contributed by atoms with Crippen molar-refractivity contribution in [3.05, 3.63) is 30.3 Å². The SMILES string of the molecule is CC(NC1CCC(C)C(C)C1)C(=O)Nc1ccccc1. The fourth-order valence-electron chi connectivity index (χ4n) is 2.90. The fourth-order valence-corrected chi connectivity index (χ4v) is 2.90. The van der Waals surface area contributed by atoms with Crippen LogP contribution in [0.25, 0.3) is 0 Å². The van der Waals surface area contributed by atoms with Crippen molar-refractivity contribution in [1.82, 2.24) is 5.32 Å². The van der Waals surface area contributed by atoms with Crippen LogP contribution in [0.15, 0.2) is 30.3 Å². The van der Waals surface area contributed by atoms with Gasteiger partial charge in [0.15, 0.2) is 0 Å². The van der Waals surface area contributed by atoms with Gasteiger partial charge in [-0.15, -0.1) is 0 Å². The summed E-state index contributed by atoms with van der Waals surface area (Å²) in [5, 5.41) is 6.43. The van der Waals surface area contributed by atoms with E-state index in [9.17, 15) is 4.79 Å². The Balaban J connectivity index is 1.82. The molecule has 1 aromatic rings. The number of amides is 1. The predicted molar refractivity (Wildman–Crippen MR) is 83.6 cm³/mol. The maximum absolute atomic E-state index is 12.2. The zero-order chi connectivity index (χ0) is 14.5. The molecule has 0 radical (unpaired) electrons. The van der Waals surface area contributed by atoms with Crippen molar-refractivity contribution in [3.63, 3.8) is 0 Å². The minimum absolute atomic E-state index is 0.0440. The van der Waals surface area contributed by atoms with Crippen LogP contribution in [0.3, 0.4) is 0 Å². The van der Waals surface area contributed by atoms with E-state index in [4.69, 9.17) is 0 Å². The Labute approximate surface area is 122 Å². The van der Waals surface area contributed by atoms with E-state index in [1.165, 1.54) is 19.3 Å². The molecule has 1 fully saturated rings. The zero-order valence-electron chi connectivity index (χ0n) is 12.7. The van der Waals surface area contributed by atoms with Crippen molar-refractivity contribution in [2.45, 2.75) is 52.1 Å². The highest BCUT2D eigenvalue weighted by Gasteiger charge is 2.26. The van der Waals surface area contributed by atoms with Gasteiger partial charge in [0, 0.05) is 11.7 Å². The lowest BCUT2D eigenvalue weighted by molar-refractivity contribution is -0.118. The van der Waals surface area contributed by atoms with Crippen LogP contribution in [0.1, 0.15) is 40.0 Å². The molecule has 3 heteroatoms. The molecule has 0 spiro atoms. The molecule has 4 atom stereocenters. The summed E-state index contributed by atoms with van der Waals surface area (Å²) in [6.07, 6.45) is 3.60. The smallest absolute Gasteiger partial charge is 0.241 e. The van der Waals surface area contributed by atoms with Crippen LogP contribution in [0.2, 0.25) is 0 Å². The molecule has 20 heavy (non-hydrogen) atoms. The molecule has 0 aliphatic heterocycles. The van der Waals surface area contributed by atoms with E-state index in [1.54, 1.807) is 0 Å². The van der Waals surface area contributed by atoms with Crippen LogP contribution < -0.4 is 10.6 Å². The summed E-state index contributed by atoms with van der Waals surface area (Å²) in [6.45, 7) is 6.58. The average molecular weight is 274 g/mol. The monoisotopic (exact) mass is 274 g/mol. The van der Waals surface area contributed by atoms with Gasteiger partial charge in [0.2, 0.25) is 5.91 Å². The standard InChI is InChI=1S/C17H26N2O/c1-12-9-10-16(11-13(12)2)18-14(3)17(20)19-15-7-5-4-6-8-15/h4-8,12-14,16,18H,9-11H2,1-3H3,(H,19,20). The molecule has 1 aliphatic carbocycles. The normalized spacial score (nSPS) is 27.9. The van der Waals surface area contributed by atoms with E-state index in [2.05, 4.69) is 24.5 Å². The Morgan fingerprint density at radius 3 is 2.50 bits per heavy atom. The van der Waals surface area contributed by atoms with Crippen LogP contribution in [-0.4, -0.2) is 18.0 Å². The van der Waals surface area contributed by atoms with E-state index in [-0.39, 0.29) is 11.9 Å². The van der Waals surface area contributed by atoms with E-state index >= 15 is 0 Å². The van der Waals surface area contributed by atoms with Gasteiger partial charge in [-0.3, -0.25) is 4.79 Å². The van der Waals surface area contributed by atoms with Gasteiger partial charge in [-0.1, -0.05) is 32.0 Å². The number of anilines is 1. The summed E-state index contributed by atoms with van der Waals surface area (Å²) in [4.78, 5) is 12.2. The lowest BCUT2D eigenvalue weighted by atomic mass is 9.79. The molecule has 4 unspecified atom stereocenters. The van der Waals surface area contributed by atoms with Crippen molar-refractivity contribution in [2.24, 2.45) is 11.8 Å². The van der Waals surface area contributed by atoms with Crippen molar-refractivity contribution < 1.29 is 4.79 Å². The van der Waals surface area contributed by atoms with Crippen LogP contribution in [-0.2, 0) is 4.79 Å². The lowest BCUT2D eigenvalue weighted by Crippen LogP contribution is -2.46. The fraction of sp³-hybridized carbons (Fsp3) is 0.588. The second-order valence-electron chi connectivity index (χ2n) is 6.21. The number of rotatable bonds is 4. The molecular weight excluding hydrogens is 248 g/mol. The van der Waals surface area contributed by atoms with Crippen LogP contribution in [0.5, 0.6) is 0 Å². The molecule has 0 aromatic heterocycles. The number of hydrogen-bond donors (Lipinski definition) is 2. The highest BCUT2D eigenvalue weighted by Crippen LogP contribution is 2.29. The molecule has 1 aliphatic rings. The Bertz CT molecular complexity index is 432. The van der Waals surface area contributed by atoms with E-state index in [1.807, 2.05) is 37.3 Å². The van der Waals surface area contributed by atoms with E-state index in [0.29, 0.717) is 6.04 Å². The Kier molecular flexibility index (Phi) is 5.18. The average Bonchev–Trinajstić information content (AvgIpc) is 2.44. The minimum Gasteiger partial charge on any atom is -0.325 e. The van der Waals surface area contributed by atoms with Crippen molar-refractivity contribution in [3.8, 4) is 0 Å². The zero-order valence-corrected chi connectivity index (χ0v) is 12.7. The third kappa shape index (κ3) is 4.07. The van der Waals surface area contributed by atoms with Crippen molar-refractivity contribution >= 4 is 11.6 Å². The van der Waals surface area contributed by atoms with Crippen molar-refractivity contribution in [1.29, 1.82) is 0 Å². The molecular formula is C17H26N2O. The van der Waals surface area contributed by atoms with Gasteiger partial charge in [-0.25, -0.2) is 0 Å². The highest BCUT2D eigenvalue weighted by atomic mass is 16.2. The molecule has 0 heterocycles. The summed E-state index contributed by atoms with van der Waals surface area (Å²) in [5.74, 6) is 1.59. The number of hydrogen-bond acceptors (Lipinski definition) is 2. The molecule has 1 saturated carbocycles. The van der Waals surface area contributed by atoms with Gasteiger partial charge >= 0.3 is 0 Å². The first-order valence-corrected chi connectivity index (χ1v) is 7.68. The number of carbonyl (C=O) groups is 1. The number of nitrogens with one attached hydrogen (secondary N) is 2. The molecule has 110 valence electrons. The molecule has 0 bridgehead atoms. The van der Waals surface area contributed by atoms with Gasteiger partial charge in [0.25, 0.3) is 0 Å². The molecule has 0 saturated heterocycles. The van der Waals surface area contributed by atoms with Gasteiger partial charge in [0.05, 0.1) is 6.04 Å². The lowest BCUT2D eigenvalue weighted by Gasteiger charge is -2.34. The second kappa shape index (κ2) is 6.89. The van der Waals surface area contributed by atoms with Gasteiger partial charge in [-0.2, -0.15) is 0 Å². The Hall–Kier alpha value is -1.35. The molecule has 1 amide bonds. The third-order valence-corrected chi connectivity index (χ3v) is 4.52. The summed E-state index contributed by atoms with van der Waals surface area (Å²) in [6, 6.07) is 9.94. The van der Waals surface area contributed by atoms with Crippen LogP contribution in [0, 0.1) is 11.8 Å². The summed E-state index contributed by atoms with van der Waals surface area (Å²) in [7, 11) is 0. The Morgan fingerprint density at radius 2 is 1.85 bits per heavy atom. The number of benzene rings is 1. The molecule has 3 nitrogen and oxygen atoms in total. The highest BCUT2D eigenvalue weighted by molar-refractivity contribution is 5.94. The largest absolute Gasteiger partial charge is 0.325 e. The number of para-hydroxylation sites is 1. The first-order chi connectivity index (χ1) is 9.56. The van der Waals surface area contributed by atoms with Gasteiger partial charge < -0.3 is 10.6 Å². The maximum Gasteiger partial charge on any atom is 0.241 e. The minimum atomic E-state index is -0.152. The predicted octanol–water partition coefficient (Wildman–Crippen LogP) is 3.43. The van der Waals surface area contributed by atoms with Crippen LogP contribution in [0.4, 0.5) is 5.69 Å². The van der Waals surface area contributed by atoms with Gasteiger partial charge in [-0.05, 0) is 50.2 Å². The van der Waals surface area contributed by atoms with E-state index in [0.717, 1.165) is 17.5 Å². The third-order valence-electron chi connectivity index (χ3n) is 4.52. The topological polar surface area (TPSA) is 41.1 Å².